The van der Waals surface area contributed by atoms with Crippen LogP contribution >= 0.6 is 11.8 Å². The number of nitrogens with one attached hydrogen (secondary N) is 2. The third-order valence-corrected chi connectivity index (χ3v) is 5.44. The van der Waals surface area contributed by atoms with Gasteiger partial charge < -0.3 is 15.2 Å². The summed E-state index contributed by atoms with van der Waals surface area (Å²) >= 11 is 1.12. The molecule has 1 heterocycles. The van der Waals surface area contributed by atoms with Crippen molar-refractivity contribution in [1.29, 1.82) is 0 Å². The number of thioether (sulfide) groups is 1. The van der Waals surface area contributed by atoms with Gasteiger partial charge in [0.25, 0.3) is 5.69 Å². The van der Waals surface area contributed by atoms with Crippen molar-refractivity contribution in [2.24, 2.45) is 7.05 Å². The normalized spacial score (nSPS) is 10.6. The van der Waals surface area contributed by atoms with Crippen molar-refractivity contribution in [2.75, 3.05) is 16.4 Å². The minimum atomic E-state index is -0.538. The molecule has 0 aliphatic heterocycles. The molecule has 0 aliphatic carbocycles. The van der Waals surface area contributed by atoms with Crippen LogP contribution in [0.3, 0.4) is 0 Å². The number of carbonyl (C=O) groups excluding carboxylic acids is 2. The van der Waals surface area contributed by atoms with Crippen LogP contribution in [0.15, 0.2) is 47.6 Å². The van der Waals surface area contributed by atoms with E-state index < -0.39 is 16.6 Å². The van der Waals surface area contributed by atoms with Crippen LogP contribution in [0, 0.1) is 22.9 Å². The molecule has 10 nitrogen and oxygen atoms in total. The van der Waals surface area contributed by atoms with Crippen LogP contribution in [0.4, 0.5) is 21.5 Å². The van der Waals surface area contributed by atoms with Gasteiger partial charge in [-0.15, -0.1) is 10.2 Å². The first-order valence-electron chi connectivity index (χ1n) is 9.35. The number of nitro groups is 1. The lowest BCUT2D eigenvalue weighted by Gasteiger charge is -2.08. The minimum Gasteiger partial charge on any atom is -0.325 e. The minimum absolute atomic E-state index is 0.0177. The van der Waals surface area contributed by atoms with Crippen molar-refractivity contribution in [1.82, 2.24) is 14.8 Å². The maximum absolute atomic E-state index is 13.7. The molecule has 0 radical (unpaired) electrons. The van der Waals surface area contributed by atoms with Crippen molar-refractivity contribution in [3.8, 4) is 0 Å². The predicted octanol–water partition coefficient (Wildman–Crippen LogP) is 3.08. The van der Waals surface area contributed by atoms with Gasteiger partial charge in [0.1, 0.15) is 11.6 Å². The van der Waals surface area contributed by atoms with E-state index in [4.69, 9.17) is 0 Å². The number of nitrogens with zero attached hydrogens (tertiary/aromatic N) is 4. The van der Waals surface area contributed by atoms with Crippen LogP contribution in [0.1, 0.15) is 11.4 Å². The molecular formula is C20H19FN6O4S. The first-order valence-corrected chi connectivity index (χ1v) is 10.3. The zero-order chi connectivity index (χ0) is 23.3. The molecule has 1 aromatic heterocycles. The van der Waals surface area contributed by atoms with Gasteiger partial charge in [0.05, 0.1) is 22.8 Å². The molecule has 0 fully saturated rings. The maximum atomic E-state index is 13.7. The summed E-state index contributed by atoms with van der Waals surface area (Å²) in [6, 6.07) is 10.0. The number of rotatable bonds is 8. The summed E-state index contributed by atoms with van der Waals surface area (Å²) in [5.41, 5.74) is 1.07. The van der Waals surface area contributed by atoms with Crippen molar-refractivity contribution in [2.45, 2.75) is 18.5 Å². The summed E-state index contributed by atoms with van der Waals surface area (Å²) in [7, 11) is 1.66. The van der Waals surface area contributed by atoms with Gasteiger partial charge in [-0.05, 0) is 30.7 Å². The lowest BCUT2D eigenvalue weighted by molar-refractivity contribution is -0.384. The number of hydrogen-bond donors (Lipinski definition) is 2. The van der Waals surface area contributed by atoms with Gasteiger partial charge in [-0.3, -0.25) is 19.7 Å². The summed E-state index contributed by atoms with van der Waals surface area (Å²) in [5, 5.41) is 24.4. The lowest BCUT2D eigenvalue weighted by atomic mass is 10.2. The van der Waals surface area contributed by atoms with E-state index >= 15 is 0 Å². The number of halogens is 1. The van der Waals surface area contributed by atoms with Crippen molar-refractivity contribution < 1.29 is 18.9 Å². The van der Waals surface area contributed by atoms with E-state index in [1.807, 2.05) is 0 Å². The lowest BCUT2D eigenvalue weighted by Crippen LogP contribution is -2.18. The SMILES string of the molecule is Cc1cc([N+](=O)[O-])ccc1NC(=O)CSc1nnc(CC(=O)Nc2ccccc2F)n1C. The van der Waals surface area contributed by atoms with Crippen molar-refractivity contribution in [3.63, 3.8) is 0 Å². The number of aromatic nitrogens is 3. The molecule has 12 heteroatoms. The molecule has 0 bridgehead atoms. The molecule has 0 atom stereocenters. The first-order chi connectivity index (χ1) is 15.2. The Balaban J connectivity index is 1.55. The Bertz CT molecular complexity index is 1180. The molecule has 0 aliphatic rings. The Morgan fingerprint density at radius 3 is 2.53 bits per heavy atom. The molecule has 2 N–H and O–H groups in total. The van der Waals surface area contributed by atoms with E-state index in [1.165, 1.54) is 36.4 Å². The fourth-order valence-electron chi connectivity index (χ4n) is 2.74. The molecule has 2 amide bonds. The number of aryl methyl sites for hydroxylation is 1. The summed E-state index contributed by atoms with van der Waals surface area (Å²) in [6.07, 6.45) is -0.118. The average molecular weight is 458 g/mol. The molecule has 166 valence electrons. The van der Waals surface area contributed by atoms with E-state index in [9.17, 15) is 24.1 Å². The Hall–Kier alpha value is -3.80. The number of hydrogen-bond acceptors (Lipinski definition) is 7. The third kappa shape index (κ3) is 5.66. The van der Waals surface area contributed by atoms with Gasteiger partial charge in [-0.25, -0.2) is 4.39 Å². The standard InChI is InChI=1S/C20H19FN6O4S/c1-12-9-13(27(30)31)7-8-15(12)22-19(29)11-32-20-25-24-17(26(20)2)10-18(28)23-16-6-4-3-5-14(16)21/h3-9H,10-11H2,1-2H3,(H,22,29)(H,23,28). The van der Waals surface area contributed by atoms with Crippen LogP contribution in [-0.4, -0.2) is 37.3 Å². The molecule has 32 heavy (non-hydrogen) atoms. The number of carbonyl (C=O) groups is 2. The average Bonchev–Trinajstić information content (AvgIpc) is 3.08. The van der Waals surface area contributed by atoms with Gasteiger partial charge in [-0.2, -0.15) is 0 Å². The highest BCUT2D eigenvalue weighted by atomic mass is 32.2. The Morgan fingerprint density at radius 1 is 1.12 bits per heavy atom. The molecule has 3 rings (SSSR count). The second-order valence-electron chi connectivity index (χ2n) is 6.76. The van der Waals surface area contributed by atoms with Gasteiger partial charge >= 0.3 is 0 Å². The van der Waals surface area contributed by atoms with E-state index in [0.717, 1.165) is 11.8 Å². The van der Waals surface area contributed by atoms with Crippen LogP contribution in [0.5, 0.6) is 0 Å². The Kier molecular flexibility index (Phi) is 7.15. The fraction of sp³-hybridized carbons (Fsp3) is 0.200. The molecular weight excluding hydrogens is 439 g/mol. The fourth-order valence-corrected chi connectivity index (χ4v) is 3.47. The van der Waals surface area contributed by atoms with Gasteiger partial charge in [0.2, 0.25) is 11.8 Å². The highest BCUT2D eigenvalue weighted by molar-refractivity contribution is 7.99. The number of amides is 2. The first kappa shape index (κ1) is 22.9. The summed E-state index contributed by atoms with van der Waals surface area (Å²) in [6.45, 7) is 1.66. The van der Waals surface area contributed by atoms with Crippen LogP contribution in [-0.2, 0) is 23.1 Å². The second-order valence-corrected chi connectivity index (χ2v) is 7.70. The number of nitro benzene ring substituents is 1. The highest BCUT2D eigenvalue weighted by Crippen LogP contribution is 2.22. The number of non-ortho nitro benzene ring substituents is 1. The number of para-hydroxylation sites is 1. The largest absolute Gasteiger partial charge is 0.325 e. The van der Waals surface area contributed by atoms with E-state index in [0.29, 0.717) is 22.2 Å². The van der Waals surface area contributed by atoms with Crippen LogP contribution < -0.4 is 10.6 Å². The zero-order valence-electron chi connectivity index (χ0n) is 17.2. The highest BCUT2D eigenvalue weighted by Gasteiger charge is 2.16. The smallest absolute Gasteiger partial charge is 0.269 e. The Labute approximate surface area is 186 Å². The van der Waals surface area contributed by atoms with Gasteiger partial charge in [0, 0.05) is 24.9 Å². The zero-order valence-corrected chi connectivity index (χ0v) is 18.0. The monoisotopic (exact) mass is 458 g/mol. The predicted molar refractivity (Wildman–Crippen MR) is 117 cm³/mol. The molecule has 0 saturated heterocycles. The number of anilines is 2. The summed E-state index contributed by atoms with van der Waals surface area (Å²) in [5.74, 6) is -0.941. The Morgan fingerprint density at radius 2 is 1.84 bits per heavy atom. The third-order valence-electron chi connectivity index (χ3n) is 4.42. The molecule has 3 aromatic rings. The van der Waals surface area contributed by atoms with E-state index in [1.54, 1.807) is 24.6 Å². The van der Waals surface area contributed by atoms with E-state index in [2.05, 4.69) is 20.8 Å². The maximum Gasteiger partial charge on any atom is 0.269 e. The van der Waals surface area contributed by atoms with Crippen molar-refractivity contribution in [3.05, 3.63) is 69.8 Å². The van der Waals surface area contributed by atoms with Gasteiger partial charge in [-0.1, -0.05) is 23.9 Å². The quantitative estimate of drug-likeness (QED) is 0.301. The molecule has 0 unspecified atom stereocenters. The number of benzene rings is 2. The topological polar surface area (TPSA) is 132 Å². The molecule has 2 aromatic carbocycles. The molecule has 0 spiro atoms. The second kappa shape index (κ2) is 10.0. The van der Waals surface area contributed by atoms with Crippen LogP contribution in [0.2, 0.25) is 0 Å². The van der Waals surface area contributed by atoms with Crippen molar-refractivity contribution >= 4 is 40.6 Å². The summed E-state index contributed by atoms with van der Waals surface area (Å²) in [4.78, 5) is 34.8. The van der Waals surface area contributed by atoms with Gasteiger partial charge in [0.15, 0.2) is 5.16 Å². The molecule has 0 saturated carbocycles. The summed E-state index contributed by atoms with van der Waals surface area (Å²) < 4.78 is 15.2. The van der Waals surface area contributed by atoms with Crippen LogP contribution in [0.25, 0.3) is 0 Å². The van der Waals surface area contributed by atoms with E-state index in [-0.39, 0.29) is 29.5 Å².